The molecular weight excluding hydrogens is 284 g/mol. The molecule has 0 spiro atoms. The predicted molar refractivity (Wildman–Crippen MR) is 74.0 cm³/mol. The Bertz CT molecular complexity index is 668. The van der Waals surface area contributed by atoms with E-state index in [1.165, 1.54) is 18.2 Å². The molecule has 1 heterocycles. The van der Waals surface area contributed by atoms with Crippen molar-refractivity contribution in [2.24, 2.45) is 0 Å². The molecule has 20 heavy (non-hydrogen) atoms. The Balaban J connectivity index is 2.25. The van der Waals surface area contributed by atoms with Gasteiger partial charge in [0.15, 0.2) is 5.69 Å². The maximum Gasteiger partial charge on any atom is 0.294 e. The van der Waals surface area contributed by atoms with E-state index in [1.807, 2.05) is 6.92 Å². The lowest BCUT2D eigenvalue weighted by Crippen LogP contribution is -2.14. The van der Waals surface area contributed by atoms with Gasteiger partial charge in [-0.1, -0.05) is 11.6 Å². The first-order valence-electron chi connectivity index (χ1n) is 5.80. The molecule has 0 aliphatic carbocycles. The Morgan fingerprint density at radius 1 is 1.50 bits per heavy atom. The van der Waals surface area contributed by atoms with Gasteiger partial charge in [-0.25, -0.2) is 0 Å². The average Bonchev–Trinajstić information content (AvgIpc) is 2.89. The van der Waals surface area contributed by atoms with Crippen LogP contribution in [0.15, 0.2) is 30.5 Å². The maximum absolute atomic E-state index is 12.0. The summed E-state index contributed by atoms with van der Waals surface area (Å²) >= 11 is 5.70. The summed E-state index contributed by atoms with van der Waals surface area (Å²) in [6.45, 7) is 2.52. The summed E-state index contributed by atoms with van der Waals surface area (Å²) in [4.78, 5) is 22.3. The highest BCUT2D eigenvalue weighted by Crippen LogP contribution is 2.27. The summed E-state index contributed by atoms with van der Waals surface area (Å²) in [5, 5.41) is 17.6. The summed E-state index contributed by atoms with van der Waals surface area (Å²) in [5.41, 5.74) is 0.00678. The number of carbonyl (C=O) groups excluding carboxylic acids is 1. The van der Waals surface area contributed by atoms with Crippen molar-refractivity contribution in [2.45, 2.75) is 13.5 Å². The van der Waals surface area contributed by atoms with Crippen LogP contribution in [-0.2, 0) is 6.54 Å². The van der Waals surface area contributed by atoms with Crippen molar-refractivity contribution in [3.8, 4) is 0 Å². The highest BCUT2D eigenvalue weighted by Gasteiger charge is 2.18. The number of nitrogens with zero attached hydrogens (tertiary/aromatic N) is 3. The van der Waals surface area contributed by atoms with E-state index < -0.39 is 10.8 Å². The molecule has 0 fully saturated rings. The molecule has 1 N–H and O–H groups in total. The zero-order valence-electron chi connectivity index (χ0n) is 10.5. The zero-order chi connectivity index (χ0) is 14.7. The van der Waals surface area contributed by atoms with Gasteiger partial charge in [0.05, 0.1) is 4.92 Å². The van der Waals surface area contributed by atoms with Crippen LogP contribution in [0.2, 0.25) is 5.02 Å². The fraction of sp³-hybridized carbons (Fsp3) is 0.167. The molecule has 2 aromatic rings. The van der Waals surface area contributed by atoms with Crippen molar-refractivity contribution in [2.75, 3.05) is 5.32 Å². The number of benzene rings is 1. The highest BCUT2D eigenvalue weighted by molar-refractivity contribution is 6.31. The molecule has 1 aromatic carbocycles. The van der Waals surface area contributed by atoms with Gasteiger partial charge in [0.25, 0.3) is 11.6 Å². The van der Waals surface area contributed by atoms with E-state index in [4.69, 9.17) is 11.6 Å². The molecule has 0 atom stereocenters. The SMILES string of the molecule is CCn1ccc(C(=O)Nc2ccc(Cl)cc2[N+](=O)[O-])n1. The Morgan fingerprint density at radius 2 is 2.25 bits per heavy atom. The lowest BCUT2D eigenvalue weighted by molar-refractivity contribution is -0.383. The molecule has 0 bridgehead atoms. The number of nitro groups is 1. The number of nitrogens with one attached hydrogen (secondary N) is 1. The van der Waals surface area contributed by atoms with Gasteiger partial charge in [-0.3, -0.25) is 19.6 Å². The smallest absolute Gasteiger partial charge is 0.294 e. The van der Waals surface area contributed by atoms with Gasteiger partial charge in [-0.15, -0.1) is 0 Å². The number of aromatic nitrogens is 2. The first kappa shape index (κ1) is 14.0. The summed E-state index contributed by atoms with van der Waals surface area (Å²) in [6.07, 6.45) is 1.66. The number of halogens is 1. The van der Waals surface area contributed by atoms with E-state index in [0.29, 0.717) is 6.54 Å². The zero-order valence-corrected chi connectivity index (χ0v) is 11.3. The van der Waals surface area contributed by atoms with Gasteiger partial charge in [-0.05, 0) is 25.1 Å². The molecule has 104 valence electrons. The van der Waals surface area contributed by atoms with Crippen molar-refractivity contribution in [1.82, 2.24) is 9.78 Å². The van der Waals surface area contributed by atoms with E-state index in [1.54, 1.807) is 16.9 Å². The molecule has 0 radical (unpaired) electrons. The molecule has 1 aromatic heterocycles. The first-order valence-corrected chi connectivity index (χ1v) is 6.18. The van der Waals surface area contributed by atoms with Crippen molar-refractivity contribution >= 4 is 28.9 Å². The van der Waals surface area contributed by atoms with E-state index in [-0.39, 0.29) is 22.1 Å². The van der Waals surface area contributed by atoms with Crippen LogP contribution >= 0.6 is 11.6 Å². The number of anilines is 1. The number of aryl methyl sites for hydroxylation is 1. The number of hydrogen-bond acceptors (Lipinski definition) is 4. The van der Waals surface area contributed by atoms with Gasteiger partial charge in [0.2, 0.25) is 0 Å². The molecule has 0 aliphatic heterocycles. The third kappa shape index (κ3) is 2.94. The fourth-order valence-corrected chi connectivity index (χ4v) is 1.77. The largest absolute Gasteiger partial charge is 0.315 e. The van der Waals surface area contributed by atoms with Gasteiger partial charge in [0.1, 0.15) is 5.69 Å². The van der Waals surface area contributed by atoms with Crippen LogP contribution < -0.4 is 5.32 Å². The van der Waals surface area contributed by atoms with Crippen molar-refractivity contribution in [1.29, 1.82) is 0 Å². The molecular formula is C12H11ClN4O3. The van der Waals surface area contributed by atoms with E-state index in [9.17, 15) is 14.9 Å². The Kier molecular flexibility index (Phi) is 3.99. The van der Waals surface area contributed by atoms with Gasteiger partial charge in [0, 0.05) is 23.8 Å². The Labute approximate surface area is 119 Å². The number of rotatable bonds is 4. The molecule has 2 rings (SSSR count). The lowest BCUT2D eigenvalue weighted by atomic mass is 10.2. The summed E-state index contributed by atoms with van der Waals surface area (Å²) < 4.78 is 1.59. The second-order valence-electron chi connectivity index (χ2n) is 3.93. The number of nitro benzene ring substituents is 1. The fourth-order valence-electron chi connectivity index (χ4n) is 1.61. The summed E-state index contributed by atoms with van der Waals surface area (Å²) in [7, 11) is 0. The topological polar surface area (TPSA) is 90.1 Å². The number of carbonyl (C=O) groups is 1. The summed E-state index contributed by atoms with van der Waals surface area (Å²) in [5.74, 6) is -0.511. The molecule has 8 heteroatoms. The third-order valence-corrected chi connectivity index (χ3v) is 2.84. The van der Waals surface area contributed by atoms with Crippen LogP contribution in [0.25, 0.3) is 0 Å². The molecule has 0 saturated heterocycles. The van der Waals surface area contributed by atoms with Gasteiger partial charge < -0.3 is 5.32 Å². The molecule has 0 aliphatic rings. The quantitative estimate of drug-likeness (QED) is 0.693. The van der Waals surface area contributed by atoms with Crippen LogP contribution in [-0.4, -0.2) is 20.6 Å². The van der Waals surface area contributed by atoms with E-state index >= 15 is 0 Å². The second kappa shape index (κ2) is 5.70. The third-order valence-electron chi connectivity index (χ3n) is 2.60. The van der Waals surface area contributed by atoms with Crippen LogP contribution in [0, 0.1) is 10.1 Å². The van der Waals surface area contributed by atoms with Crippen molar-refractivity contribution in [3.05, 3.63) is 51.3 Å². The lowest BCUT2D eigenvalue weighted by Gasteiger charge is -2.04. The van der Waals surface area contributed by atoms with Crippen molar-refractivity contribution < 1.29 is 9.72 Å². The Hall–Kier alpha value is -2.41. The van der Waals surface area contributed by atoms with E-state index in [0.717, 1.165) is 0 Å². The molecule has 0 saturated carbocycles. The van der Waals surface area contributed by atoms with Crippen LogP contribution in [0.5, 0.6) is 0 Å². The molecule has 1 amide bonds. The standard InChI is InChI=1S/C12H11ClN4O3/c1-2-16-6-5-10(15-16)12(18)14-9-4-3-8(13)7-11(9)17(19)20/h3-7H,2H2,1H3,(H,14,18). The predicted octanol–water partition coefficient (Wildman–Crippen LogP) is 2.72. The van der Waals surface area contributed by atoms with Crippen LogP contribution in [0.1, 0.15) is 17.4 Å². The maximum atomic E-state index is 12.0. The van der Waals surface area contributed by atoms with Crippen LogP contribution in [0.4, 0.5) is 11.4 Å². The number of hydrogen-bond donors (Lipinski definition) is 1. The summed E-state index contributed by atoms with van der Waals surface area (Å²) in [6, 6.07) is 5.58. The average molecular weight is 295 g/mol. The minimum atomic E-state index is -0.605. The van der Waals surface area contributed by atoms with Crippen molar-refractivity contribution in [3.63, 3.8) is 0 Å². The molecule has 0 unspecified atom stereocenters. The van der Waals surface area contributed by atoms with Gasteiger partial charge >= 0.3 is 0 Å². The number of amides is 1. The van der Waals surface area contributed by atoms with Crippen LogP contribution in [0.3, 0.4) is 0 Å². The minimum Gasteiger partial charge on any atom is -0.315 e. The Morgan fingerprint density at radius 3 is 2.85 bits per heavy atom. The normalized spacial score (nSPS) is 10.3. The van der Waals surface area contributed by atoms with Gasteiger partial charge in [-0.2, -0.15) is 5.10 Å². The monoisotopic (exact) mass is 294 g/mol. The first-order chi connectivity index (χ1) is 9.51. The second-order valence-corrected chi connectivity index (χ2v) is 4.37. The minimum absolute atomic E-state index is 0.0791. The molecule has 7 nitrogen and oxygen atoms in total. The van der Waals surface area contributed by atoms with E-state index in [2.05, 4.69) is 10.4 Å². The highest BCUT2D eigenvalue weighted by atomic mass is 35.5.